The van der Waals surface area contributed by atoms with Crippen molar-refractivity contribution in [1.82, 2.24) is 0 Å². The molecule has 0 aliphatic heterocycles. The topological polar surface area (TPSA) is 74.6 Å². The lowest BCUT2D eigenvalue weighted by Gasteiger charge is -2.06. The van der Waals surface area contributed by atoms with Crippen LogP contribution in [0.2, 0.25) is 0 Å². The van der Waals surface area contributed by atoms with Crippen molar-refractivity contribution in [3.05, 3.63) is 20.8 Å². The minimum atomic E-state index is -1.11. The number of carboxylic acids is 2. The lowest BCUT2D eigenvalue weighted by molar-refractivity contribution is -0.145. The fourth-order valence-corrected chi connectivity index (χ4v) is 2.26. The van der Waals surface area contributed by atoms with Crippen LogP contribution >= 0.6 is 27.3 Å². The van der Waals surface area contributed by atoms with Crippen LogP contribution in [0.4, 0.5) is 0 Å². The third kappa shape index (κ3) is 2.81. The quantitative estimate of drug-likeness (QED) is 0.885. The maximum Gasteiger partial charge on any atom is 0.311 e. The molecule has 6 heteroatoms. The van der Waals surface area contributed by atoms with E-state index < -0.39 is 24.3 Å². The van der Waals surface area contributed by atoms with E-state index in [1.165, 1.54) is 11.3 Å². The van der Waals surface area contributed by atoms with Crippen LogP contribution in [0.5, 0.6) is 0 Å². The van der Waals surface area contributed by atoms with Gasteiger partial charge in [0.2, 0.25) is 0 Å². The summed E-state index contributed by atoms with van der Waals surface area (Å²) >= 11 is 4.53. The monoisotopic (exact) mass is 278 g/mol. The van der Waals surface area contributed by atoms with Gasteiger partial charge in [-0.1, -0.05) is 0 Å². The smallest absolute Gasteiger partial charge is 0.311 e. The van der Waals surface area contributed by atoms with Gasteiger partial charge in [-0.15, -0.1) is 11.3 Å². The molecule has 1 atom stereocenters. The Balaban J connectivity index is 2.88. The summed E-state index contributed by atoms with van der Waals surface area (Å²) in [6.45, 7) is 0. The zero-order chi connectivity index (χ0) is 10.7. The van der Waals surface area contributed by atoms with Crippen LogP contribution in [0.3, 0.4) is 0 Å². The van der Waals surface area contributed by atoms with Crippen LogP contribution in [-0.4, -0.2) is 22.2 Å². The summed E-state index contributed by atoms with van der Waals surface area (Å²) in [4.78, 5) is 21.2. The van der Waals surface area contributed by atoms with E-state index >= 15 is 0 Å². The Kier molecular flexibility index (Phi) is 3.65. The highest BCUT2D eigenvalue weighted by molar-refractivity contribution is 9.11. The van der Waals surface area contributed by atoms with Gasteiger partial charge in [0.1, 0.15) is 0 Å². The van der Waals surface area contributed by atoms with Gasteiger partial charge in [-0.3, -0.25) is 9.59 Å². The summed E-state index contributed by atoms with van der Waals surface area (Å²) in [5.74, 6) is -3.19. The Bertz CT molecular complexity index is 360. The maximum absolute atomic E-state index is 10.8. The fraction of sp³-hybridized carbons (Fsp3) is 0.250. The van der Waals surface area contributed by atoms with Crippen LogP contribution in [0.25, 0.3) is 0 Å². The molecule has 76 valence electrons. The van der Waals surface area contributed by atoms with Crippen LogP contribution in [-0.2, 0) is 9.59 Å². The van der Waals surface area contributed by atoms with E-state index in [-0.39, 0.29) is 0 Å². The molecule has 0 radical (unpaired) electrons. The molecule has 0 aromatic carbocycles. The Labute approximate surface area is 92.3 Å². The summed E-state index contributed by atoms with van der Waals surface area (Å²) in [5.41, 5.74) is 0.525. The average Bonchev–Trinajstić information content (AvgIpc) is 2.46. The maximum atomic E-state index is 10.8. The number of thiophene rings is 1. The third-order valence-electron chi connectivity index (χ3n) is 1.67. The fourth-order valence-electron chi connectivity index (χ4n) is 1.03. The van der Waals surface area contributed by atoms with Crippen LogP contribution < -0.4 is 0 Å². The highest BCUT2D eigenvalue weighted by atomic mass is 79.9. The number of aliphatic carboxylic acids is 2. The molecule has 0 spiro atoms. The molecule has 1 aromatic rings. The minimum absolute atomic E-state index is 0.390. The molecule has 0 aliphatic rings. The van der Waals surface area contributed by atoms with E-state index in [9.17, 15) is 9.59 Å². The number of rotatable bonds is 4. The molecular formula is C8H7BrO4S. The van der Waals surface area contributed by atoms with Gasteiger partial charge < -0.3 is 10.2 Å². The van der Waals surface area contributed by atoms with Gasteiger partial charge >= 0.3 is 11.9 Å². The molecule has 2 N–H and O–H groups in total. The summed E-state index contributed by atoms with van der Waals surface area (Å²) in [7, 11) is 0. The van der Waals surface area contributed by atoms with Gasteiger partial charge in [0.15, 0.2) is 0 Å². The number of carboxylic acid groups (broad SMARTS) is 2. The zero-order valence-electron chi connectivity index (χ0n) is 6.94. The highest BCUT2D eigenvalue weighted by Crippen LogP contribution is 2.28. The van der Waals surface area contributed by atoms with Gasteiger partial charge in [-0.05, 0) is 32.9 Å². The van der Waals surface area contributed by atoms with Crippen molar-refractivity contribution in [2.24, 2.45) is 0 Å². The molecule has 0 saturated heterocycles. The van der Waals surface area contributed by atoms with Crippen molar-refractivity contribution in [3.8, 4) is 0 Å². The Hall–Kier alpha value is -0.880. The van der Waals surface area contributed by atoms with Crippen molar-refractivity contribution in [3.63, 3.8) is 0 Å². The molecule has 0 fully saturated rings. The van der Waals surface area contributed by atoms with Crippen molar-refractivity contribution in [2.45, 2.75) is 12.3 Å². The molecule has 1 heterocycles. The predicted octanol–water partition coefficient (Wildman–Crippen LogP) is 2.15. The van der Waals surface area contributed by atoms with E-state index in [1.807, 2.05) is 0 Å². The minimum Gasteiger partial charge on any atom is -0.481 e. The van der Waals surface area contributed by atoms with Crippen molar-refractivity contribution in [1.29, 1.82) is 0 Å². The largest absolute Gasteiger partial charge is 0.481 e. The second-order valence-corrected chi connectivity index (χ2v) is 4.96. The molecule has 1 aromatic heterocycles. The van der Waals surface area contributed by atoms with E-state index in [0.717, 1.165) is 3.79 Å². The van der Waals surface area contributed by atoms with E-state index in [2.05, 4.69) is 15.9 Å². The Morgan fingerprint density at radius 3 is 2.50 bits per heavy atom. The average molecular weight is 279 g/mol. The summed E-state index contributed by atoms with van der Waals surface area (Å²) in [6, 6.07) is 1.63. The number of halogens is 1. The normalized spacial score (nSPS) is 12.4. The lowest BCUT2D eigenvalue weighted by Crippen LogP contribution is -2.15. The predicted molar refractivity (Wildman–Crippen MR) is 54.6 cm³/mol. The molecule has 0 saturated carbocycles. The Morgan fingerprint density at radius 1 is 1.50 bits per heavy atom. The molecule has 14 heavy (non-hydrogen) atoms. The first-order valence-electron chi connectivity index (χ1n) is 3.69. The standard InChI is InChI=1S/C8H7BrO4S/c9-6-1-4(3-14-6)5(8(12)13)2-7(10)11/h1,3,5H,2H2,(H,10,11)(H,12,13). The lowest BCUT2D eigenvalue weighted by atomic mass is 9.99. The molecular weight excluding hydrogens is 272 g/mol. The van der Waals surface area contributed by atoms with Crippen molar-refractivity contribution >= 4 is 39.2 Å². The molecule has 1 rings (SSSR count). The first-order chi connectivity index (χ1) is 6.50. The molecule has 0 amide bonds. The van der Waals surface area contributed by atoms with Crippen LogP contribution in [0.15, 0.2) is 15.2 Å². The highest BCUT2D eigenvalue weighted by Gasteiger charge is 2.23. The zero-order valence-corrected chi connectivity index (χ0v) is 9.34. The van der Waals surface area contributed by atoms with Gasteiger partial charge in [0.05, 0.1) is 16.1 Å². The van der Waals surface area contributed by atoms with Crippen molar-refractivity contribution in [2.75, 3.05) is 0 Å². The first kappa shape index (κ1) is 11.2. The summed E-state index contributed by atoms with van der Waals surface area (Å²) in [6.07, 6.45) is -0.390. The molecule has 4 nitrogen and oxygen atoms in total. The van der Waals surface area contributed by atoms with E-state index in [1.54, 1.807) is 11.4 Å². The van der Waals surface area contributed by atoms with Gasteiger partial charge in [0.25, 0.3) is 0 Å². The second-order valence-electron chi connectivity index (χ2n) is 2.67. The third-order valence-corrected chi connectivity index (χ3v) is 3.19. The molecule has 1 unspecified atom stereocenters. The number of hydrogen-bond acceptors (Lipinski definition) is 3. The Morgan fingerprint density at radius 2 is 2.14 bits per heavy atom. The SMILES string of the molecule is O=C(O)CC(C(=O)O)c1csc(Br)c1. The van der Waals surface area contributed by atoms with Gasteiger partial charge in [-0.25, -0.2) is 0 Å². The van der Waals surface area contributed by atoms with Crippen molar-refractivity contribution < 1.29 is 19.8 Å². The summed E-state index contributed by atoms with van der Waals surface area (Å²) in [5, 5.41) is 19.0. The van der Waals surface area contributed by atoms with Crippen LogP contribution in [0.1, 0.15) is 17.9 Å². The second kappa shape index (κ2) is 4.56. The molecule has 0 aliphatic carbocycles. The summed E-state index contributed by atoms with van der Waals surface area (Å²) < 4.78 is 0.795. The number of carbonyl (C=O) groups is 2. The van der Waals surface area contributed by atoms with E-state index in [0.29, 0.717) is 5.56 Å². The van der Waals surface area contributed by atoms with Crippen LogP contribution in [0, 0.1) is 0 Å². The molecule has 0 bridgehead atoms. The van der Waals surface area contributed by atoms with Gasteiger partial charge in [0, 0.05) is 0 Å². The number of hydrogen-bond donors (Lipinski definition) is 2. The van der Waals surface area contributed by atoms with Gasteiger partial charge in [-0.2, -0.15) is 0 Å². The first-order valence-corrected chi connectivity index (χ1v) is 5.36. The van der Waals surface area contributed by atoms with E-state index in [4.69, 9.17) is 10.2 Å².